The molecule has 0 saturated heterocycles. The molecule has 0 radical (unpaired) electrons. The van der Waals surface area contributed by atoms with Crippen molar-refractivity contribution >= 4 is 22.4 Å². The molecule has 1 heterocycles. The number of carbonyl (C=O) groups excluding carboxylic acids is 1. The molecule has 1 aromatic carbocycles. The van der Waals surface area contributed by atoms with Gasteiger partial charge in [0.05, 0.1) is 11.7 Å². The first-order valence-corrected chi connectivity index (χ1v) is 8.35. The van der Waals surface area contributed by atoms with Gasteiger partial charge in [-0.2, -0.15) is 0 Å². The number of carbonyl (C=O) groups is 1. The fourth-order valence-corrected chi connectivity index (χ4v) is 3.43. The highest BCUT2D eigenvalue weighted by Gasteiger charge is 2.26. The average molecular weight is 333 g/mol. The standard InChI is InChI=1S/C17H23N3O2S/c1-12-15(23-17(18-12)19(2)3)16(22)20(4)14(10-11-21)13-8-6-5-7-9-13/h5-9,14,21H,10-11H2,1-4H3. The number of benzene rings is 1. The molecule has 23 heavy (non-hydrogen) atoms. The lowest BCUT2D eigenvalue weighted by Crippen LogP contribution is -2.31. The summed E-state index contributed by atoms with van der Waals surface area (Å²) in [6.45, 7) is 1.88. The van der Waals surface area contributed by atoms with E-state index in [2.05, 4.69) is 4.98 Å². The Balaban J connectivity index is 2.29. The molecule has 0 fully saturated rings. The highest BCUT2D eigenvalue weighted by Crippen LogP contribution is 2.29. The zero-order chi connectivity index (χ0) is 17.0. The first kappa shape index (κ1) is 17.4. The summed E-state index contributed by atoms with van der Waals surface area (Å²) in [7, 11) is 5.60. The van der Waals surface area contributed by atoms with Crippen LogP contribution in [-0.2, 0) is 0 Å². The summed E-state index contributed by atoms with van der Waals surface area (Å²) in [5, 5.41) is 10.2. The van der Waals surface area contributed by atoms with Crippen LogP contribution in [0.1, 0.15) is 33.4 Å². The number of thiazole rings is 1. The maximum absolute atomic E-state index is 12.9. The predicted molar refractivity (Wildman–Crippen MR) is 94.2 cm³/mol. The average Bonchev–Trinajstić information content (AvgIpc) is 2.94. The lowest BCUT2D eigenvalue weighted by molar-refractivity contribution is 0.0709. The molecule has 1 unspecified atom stereocenters. The van der Waals surface area contributed by atoms with E-state index >= 15 is 0 Å². The first-order chi connectivity index (χ1) is 11.0. The predicted octanol–water partition coefficient (Wildman–Crippen LogP) is 2.71. The second kappa shape index (κ2) is 7.57. The van der Waals surface area contributed by atoms with Crippen molar-refractivity contribution in [3.05, 3.63) is 46.5 Å². The summed E-state index contributed by atoms with van der Waals surface area (Å²) < 4.78 is 0. The Labute approximate surface area is 141 Å². The van der Waals surface area contributed by atoms with Gasteiger partial charge in [0, 0.05) is 27.7 Å². The molecule has 1 atom stereocenters. The van der Waals surface area contributed by atoms with Crippen molar-refractivity contribution in [1.29, 1.82) is 0 Å². The SMILES string of the molecule is Cc1nc(N(C)C)sc1C(=O)N(C)C(CCO)c1ccccc1. The molecule has 2 rings (SSSR count). The molecule has 1 aromatic heterocycles. The minimum Gasteiger partial charge on any atom is -0.396 e. The van der Waals surface area contributed by atoms with E-state index in [9.17, 15) is 9.90 Å². The molecule has 0 aliphatic rings. The summed E-state index contributed by atoms with van der Waals surface area (Å²) in [5.41, 5.74) is 1.76. The van der Waals surface area contributed by atoms with Crippen molar-refractivity contribution < 1.29 is 9.90 Å². The van der Waals surface area contributed by atoms with Crippen LogP contribution in [0.25, 0.3) is 0 Å². The van der Waals surface area contributed by atoms with Gasteiger partial charge >= 0.3 is 0 Å². The zero-order valence-corrected chi connectivity index (χ0v) is 14.8. The van der Waals surface area contributed by atoms with Crippen LogP contribution in [0.15, 0.2) is 30.3 Å². The number of aromatic nitrogens is 1. The van der Waals surface area contributed by atoms with Crippen LogP contribution in [0.2, 0.25) is 0 Å². The van der Waals surface area contributed by atoms with Gasteiger partial charge in [-0.15, -0.1) is 0 Å². The second-order valence-corrected chi connectivity index (χ2v) is 6.64. The molecule has 1 amide bonds. The third-order valence-electron chi connectivity index (χ3n) is 3.74. The van der Waals surface area contributed by atoms with Gasteiger partial charge in [-0.05, 0) is 18.9 Å². The number of nitrogens with zero attached hydrogens (tertiary/aromatic N) is 3. The Morgan fingerprint density at radius 1 is 1.26 bits per heavy atom. The van der Waals surface area contributed by atoms with E-state index in [0.29, 0.717) is 11.3 Å². The van der Waals surface area contributed by atoms with Crippen molar-refractivity contribution in [3.63, 3.8) is 0 Å². The molecule has 124 valence electrons. The second-order valence-electron chi connectivity index (χ2n) is 5.66. The van der Waals surface area contributed by atoms with E-state index in [1.807, 2.05) is 56.3 Å². The molecule has 1 N–H and O–H groups in total. The number of aryl methyl sites for hydroxylation is 1. The van der Waals surface area contributed by atoms with E-state index in [1.165, 1.54) is 11.3 Å². The van der Waals surface area contributed by atoms with E-state index in [1.54, 1.807) is 11.9 Å². The quantitative estimate of drug-likeness (QED) is 0.883. The topological polar surface area (TPSA) is 56.7 Å². The Bertz CT molecular complexity index is 655. The largest absolute Gasteiger partial charge is 0.396 e. The molecule has 0 aliphatic heterocycles. The summed E-state index contributed by atoms with van der Waals surface area (Å²) in [4.78, 5) is 21.6. The van der Waals surface area contributed by atoms with Crippen LogP contribution in [0.4, 0.5) is 5.13 Å². The third kappa shape index (κ3) is 3.89. The molecule has 0 saturated carbocycles. The van der Waals surface area contributed by atoms with Crippen LogP contribution >= 0.6 is 11.3 Å². The maximum atomic E-state index is 12.9. The third-order valence-corrected chi connectivity index (χ3v) is 5.05. The van der Waals surface area contributed by atoms with Crippen molar-refractivity contribution in [3.8, 4) is 0 Å². The van der Waals surface area contributed by atoms with Crippen molar-refractivity contribution in [2.45, 2.75) is 19.4 Å². The molecule has 2 aromatic rings. The number of rotatable bonds is 6. The van der Waals surface area contributed by atoms with E-state index in [-0.39, 0.29) is 18.6 Å². The number of hydrogen-bond acceptors (Lipinski definition) is 5. The van der Waals surface area contributed by atoms with Crippen LogP contribution in [0.3, 0.4) is 0 Å². The molecule has 5 nitrogen and oxygen atoms in total. The smallest absolute Gasteiger partial charge is 0.266 e. The Morgan fingerprint density at radius 2 is 1.91 bits per heavy atom. The Hall–Kier alpha value is -1.92. The maximum Gasteiger partial charge on any atom is 0.266 e. The highest BCUT2D eigenvalue weighted by atomic mass is 32.1. The molecule has 0 aliphatic carbocycles. The fraction of sp³-hybridized carbons (Fsp3) is 0.412. The lowest BCUT2D eigenvalue weighted by atomic mass is 10.0. The summed E-state index contributed by atoms with van der Waals surface area (Å²) in [5.74, 6) is -0.0598. The Morgan fingerprint density at radius 3 is 2.43 bits per heavy atom. The summed E-state index contributed by atoms with van der Waals surface area (Å²) >= 11 is 1.40. The number of amides is 1. The van der Waals surface area contributed by atoms with E-state index in [4.69, 9.17) is 0 Å². The van der Waals surface area contributed by atoms with Crippen LogP contribution in [-0.4, -0.2) is 48.6 Å². The van der Waals surface area contributed by atoms with Crippen molar-refractivity contribution in [2.75, 3.05) is 32.6 Å². The van der Waals surface area contributed by atoms with Crippen LogP contribution in [0, 0.1) is 6.92 Å². The zero-order valence-electron chi connectivity index (χ0n) is 14.0. The van der Waals surface area contributed by atoms with Gasteiger partial charge in [0.2, 0.25) is 0 Å². The molecule has 6 heteroatoms. The fourth-order valence-electron chi connectivity index (χ4n) is 2.46. The van der Waals surface area contributed by atoms with Crippen molar-refractivity contribution in [2.24, 2.45) is 0 Å². The molecule has 0 spiro atoms. The minimum atomic E-state index is -0.155. The normalized spacial score (nSPS) is 12.0. The van der Waals surface area contributed by atoms with Gasteiger partial charge in [-0.1, -0.05) is 41.7 Å². The van der Waals surface area contributed by atoms with E-state index in [0.717, 1.165) is 16.4 Å². The van der Waals surface area contributed by atoms with Crippen molar-refractivity contribution in [1.82, 2.24) is 9.88 Å². The monoisotopic (exact) mass is 333 g/mol. The Kier molecular flexibility index (Phi) is 5.74. The molecular weight excluding hydrogens is 310 g/mol. The summed E-state index contributed by atoms with van der Waals surface area (Å²) in [6, 6.07) is 9.64. The number of hydrogen-bond donors (Lipinski definition) is 1. The summed E-state index contributed by atoms with van der Waals surface area (Å²) in [6.07, 6.45) is 0.505. The number of aliphatic hydroxyl groups is 1. The highest BCUT2D eigenvalue weighted by molar-refractivity contribution is 7.17. The van der Waals surface area contributed by atoms with Gasteiger partial charge in [0.25, 0.3) is 5.91 Å². The van der Waals surface area contributed by atoms with Gasteiger partial charge in [-0.25, -0.2) is 4.98 Å². The molecular formula is C17H23N3O2S. The van der Waals surface area contributed by atoms with E-state index < -0.39 is 0 Å². The molecule has 0 bridgehead atoms. The lowest BCUT2D eigenvalue weighted by Gasteiger charge is -2.28. The number of anilines is 1. The van der Waals surface area contributed by atoms with Gasteiger partial charge in [0.1, 0.15) is 4.88 Å². The van der Waals surface area contributed by atoms with Crippen LogP contribution < -0.4 is 4.90 Å². The number of aliphatic hydroxyl groups excluding tert-OH is 1. The minimum absolute atomic E-state index is 0.0296. The first-order valence-electron chi connectivity index (χ1n) is 7.53. The van der Waals surface area contributed by atoms with Crippen LogP contribution in [0.5, 0.6) is 0 Å². The van der Waals surface area contributed by atoms with Gasteiger partial charge < -0.3 is 14.9 Å². The van der Waals surface area contributed by atoms with Gasteiger partial charge in [-0.3, -0.25) is 4.79 Å². The van der Waals surface area contributed by atoms with Gasteiger partial charge in [0.15, 0.2) is 5.13 Å².